The molecule has 19 heavy (non-hydrogen) atoms. The zero-order valence-corrected chi connectivity index (χ0v) is 11.3. The van der Waals surface area contributed by atoms with Gasteiger partial charge in [0.25, 0.3) is 0 Å². The predicted octanol–water partition coefficient (Wildman–Crippen LogP) is 3.61. The molecule has 2 nitrogen and oxygen atoms in total. The molecule has 1 unspecified atom stereocenters. The van der Waals surface area contributed by atoms with Crippen molar-refractivity contribution in [1.29, 1.82) is 0 Å². The Morgan fingerprint density at radius 1 is 1.00 bits per heavy atom. The average Bonchev–Trinajstić information content (AvgIpc) is 2.39. The van der Waals surface area contributed by atoms with Crippen molar-refractivity contribution in [3.8, 4) is 0 Å². The smallest absolute Gasteiger partial charge is 0.166 e. The fourth-order valence-corrected chi connectivity index (χ4v) is 2.24. The number of aliphatic hydroxyl groups excluding tert-OH is 1. The molecule has 0 radical (unpaired) electrons. The van der Waals surface area contributed by atoms with Gasteiger partial charge in [0.15, 0.2) is 5.78 Å². The van der Waals surface area contributed by atoms with Crippen LogP contribution in [0.5, 0.6) is 0 Å². The summed E-state index contributed by atoms with van der Waals surface area (Å²) in [4.78, 5) is 12.2. The minimum absolute atomic E-state index is 0.0196. The highest BCUT2D eigenvalue weighted by Crippen LogP contribution is 2.22. The molecule has 0 aliphatic carbocycles. The van der Waals surface area contributed by atoms with E-state index in [0.29, 0.717) is 5.56 Å². The lowest BCUT2D eigenvalue weighted by Gasteiger charge is -2.13. The lowest BCUT2D eigenvalue weighted by molar-refractivity contribution is 0.0879. The van der Waals surface area contributed by atoms with E-state index in [1.54, 1.807) is 0 Å². The SMILES string of the molecule is Cc1ccccc1C(=O)CC(O)c1ccccc1C. The zero-order chi connectivity index (χ0) is 13.8. The Kier molecular flexibility index (Phi) is 4.13. The number of ketones is 1. The van der Waals surface area contributed by atoms with Crippen molar-refractivity contribution in [1.82, 2.24) is 0 Å². The van der Waals surface area contributed by atoms with Gasteiger partial charge >= 0.3 is 0 Å². The third kappa shape index (κ3) is 3.09. The van der Waals surface area contributed by atoms with Crippen LogP contribution in [0, 0.1) is 13.8 Å². The number of aryl methyl sites for hydroxylation is 2. The van der Waals surface area contributed by atoms with E-state index >= 15 is 0 Å². The monoisotopic (exact) mass is 254 g/mol. The Labute approximate surface area is 113 Å². The number of benzene rings is 2. The van der Waals surface area contributed by atoms with Gasteiger partial charge in [0, 0.05) is 12.0 Å². The standard InChI is InChI=1S/C17H18O2/c1-12-7-3-5-9-14(12)16(18)11-17(19)15-10-6-4-8-13(15)2/h3-10,16,18H,11H2,1-2H3. The maximum atomic E-state index is 12.2. The van der Waals surface area contributed by atoms with Gasteiger partial charge in [-0.05, 0) is 30.5 Å². The van der Waals surface area contributed by atoms with Crippen molar-refractivity contribution in [2.45, 2.75) is 26.4 Å². The van der Waals surface area contributed by atoms with Crippen LogP contribution in [0.3, 0.4) is 0 Å². The zero-order valence-electron chi connectivity index (χ0n) is 11.3. The van der Waals surface area contributed by atoms with Gasteiger partial charge in [-0.25, -0.2) is 0 Å². The number of Topliss-reactive ketones (excluding diaryl/α,β-unsaturated/α-hetero) is 1. The molecule has 0 saturated heterocycles. The van der Waals surface area contributed by atoms with E-state index in [2.05, 4.69) is 0 Å². The second-order valence-electron chi connectivity index (χ2n) is 4.81. The van der Waals surface area contributed by atoms with Gasteiger partial charge in [-0.3, -0.25) is 4.79 Å². The summed E-state index contributed by atoms with van der Waals surface area (Å²) in [5.74, 6) is -0.0196. The summed E-state index contributed by atoms with van der Waals surface area (Å²) in [5, 5.41) is 10.2. The summed E-state index contributed by atoms with van der Waals surface area (Å²) in [5.41, 5.74) is 3.47. The van der Waals surface area contributed by atoms with Crippen molar-refractivity contribution in [2.24, 2.45) is 0 Å². The summed E-state index contributed by atoms with van der Waals surface area (Å²) in [6.07, 6.45) is -0.622. The molecule has 0 bridgehead atoms. The number of hydrogen-bond acceptors (Lipinski definition) is 2. The number of carbonyl (C=O) groups excluding carboxylic acids is 1. The van der Waals surface area contributed by atoms with Gasteiger partial charge in [-0.2, -0.15) is 0 Å². The first-order valence-electron chi connectivity index (χ1n) is 6.42. The fourth-order valence-electron chi connectivity index (χ4n) is 2.24. The third-order valence-electron chi connectivity index (χ3n) is 3.37. The van der Waals surface area contributed by atoms with E-state index in [4.69, 9.17) is 0 Å². The molecule has 0 aromatic heterocycles. The second-order valence-corrected chi connectivity index (χ2v) is 4.81. The van der Waals surface area contributed by atoms with Crippen LogP contribution in [0.25, 0.3) is 0 Å². The highest BCUT2D eigenvalue weighted by Gasteiger charge is 2.16. The van der Waals surface area contributed by atoms with Crippen LogP contribution in [0.15, 0.2) is 48.5 Å². The van der Waals surface area contributed by atoms with Gasteiger partial charge in [0.2, 0.25) is 0 Å². The molecule has 0 aliphatic heterocycles. The normalized spacial score (nSPS) is 12.2. The lowest BCUT2D eigenvalue weighted by Crippen LogP contribution is -2.09. The van der Waals surface area contributed by atoms with Crippen molar-refractivity contribution in [3.05, 3.63) is 70.8 Å². The first kappa shape index (κ1) is 13.5. The molecule has 2 aromatic rings. The molecule has 0 fully saturated rings. The highest BCUT2D eigenvalue weighted by molar-refractivity contribution is 5.97. The molecule has 98 valence electrons. The van der Waals surface area contributed by atoms with Crippen LogP contribution in [-0.4, -0.2) is 10.9 Å². The summed E-state index contributed by atoms with van der Waals surface area (Å²) in [7, 11) is 0. The van der Waals surface area contributed by atoms with Gasteiger partial charge in [0.05, 0.1) is 6.10 Å². The van der Waals surface area contributed by atoms with Gasteiger partial charge in [0.1, 0.15) is 0 Å². The quantitative estimate of drug-likeness (QED) is 0.846. The molecule has 0 aliphatic rings. The Hall–Kier alpha value is -1.93. The molecule has 0 spiro atoms. The maximum Gasteiger partial charge on any atom is 0.166 e. The first-order chi connectivity index (χ1) is 9.09. The number of carbonyl (C=O) groups is 1. The highest BCUT2D eigenvalue weighted by atomic mass is 16.3. The summed E-state index contributed by atoms with van der Waals surface area (Å²) in [6, 6.07) is 15.1. The second kappa shape index (κ2) is 5.81. The van der Waals surface area contributed by atoms with Crippen LogP contribution in [0.2, 0.25) is 0 Å². The van der Waals surface area contributed by atoms with Gasteiger partial charge in [-0.1, -0.05) is 48.5 Å². The molecule has 0 heterocycles. The van der Waals surface area contributed by atoms with Crippen LogP contribution in [-0.2, 0) is 0 Å². The van der Waals surface area contributed by atoms with Crippen LogP contribution in [0.4, 0.5) is 0 Å². The van der Waals surface area contributed by atoms with E-state index in [0.717, 1.165) is 16.7 Å². The third-order valence-corrected chi connectivity index (χ3v) is 3.37. The minimum atomic E-state index is -0.742. The molecule has 0 saturated carbocycles. The Morgan fingerprint density at radius 3 is 2.21 bits per heavy atom. The van der Waals surface area contributed by atoms with Crippen molar-refractivity contribution >= 4 is 5.78 Å². The van der Waals surface area contributed by atoms with Gasteiger partial charge in [-0.15, -0.1) is 0 Å². The molecular formula is C17H18O2. The molecule has 0 amide bonds. The summed E-state index contributed by atoms with van der Waals surface area (Å²) < 4.78 is 0. The molecule has 2 aromatic carbocycles. The van der Waals surface area contributed by atoms with E-state index in [9.17, 15) is 9.90 Å². The van der Waals surface area contributed by atoms with E-state index < -0.39 is 6.10 Å². The summed E-state index contributed by atoms with van der Waals surface area (Å²) in [6.45, 7) is 3.85. The van der Waals surface area contributed by atoms with Crippen LogP contribution in [0.1, 0.15) is 39.6 Å². The Bertz CT molecular complexity index is 587. The maximum absolute atomic E-state index is 12.2. The lowest BCUT2D eigenvalue weighted by atomic mass is 9.95. The van der Waals surface area contributed by atoms with Crippen molar-refractivity contribution in [3.63, 3.8) is 0 Å². The number of hydrogen-bond donors (Lipinski definition) is 1. The van der Waals surface area contributed by atoms with Gasteiger partial charge < -0.3 is 5.11 Å². The van der Waals surface area contributed by atoms with E-state index in [1.807, 2.05) is 62.4 Å². The number of rotatable bonds is 4. The number of aliphatic hydroxyl groups is 1. The van der Waals surface area contributed by atoms with Crippen molar-refractivity contribution < 1.29 is 9.90 Å². The molecule has 1 N–H and O–H groups in total. The predicted molar refractivity (Wildman–Crippen MR) is 76.3 cm³/mol. The van der Waals surface area contributed by atoms with Crippen LogP contribution < -0.4 is 0 Å². The molecule has 2 heteroatoms. The largest absolute Gasteiger partial charge is 0.388 e. The van der Waals surface area contributed by atoms with Crippen molar-refractivity contribution in [2.75, 3.05) is 0 Å². The Balaban J connectivity index is 2.16. The van der Waals surface area contributed by atoms with E-state index in [-0.39, 0.29) is 12.2 Å². The molecule has 1 atom stereocenters. The summed E-state index contributed by atoms with van der Waals surface area (Å²) >= 11 is 0. The molecule has 2 rings (SSSR count). The Morgan fingerprint density at radius 2 is 1.58 bits per heavy atom. The molecular weight excluding hydrogens is 236 g/mol. The van der Waals surface area contributed by atoms with Crippen LogP contribution >= 0.6 is 0 Å². The minimum Gasteiger partial charge on any atom is -0.388 e. The topological polar surface area (TPSA) is 37.3 Å². The fraction of sp³-hybridized carbons (Fsp3) is 0.235. The van der Waals surface area contributed by atoms with E-state index in [1.165, 1.54) is 0 Å². The first-order valence-corrected chi connectivity index (χ1v) is 6.42. The average molecular weight is 254 g/mol.